The lowest BCUT2D eigenvalue weighted by molar-refractivity contribution is -0.174. The summed E-state index contributed by atoms with van der Waals surface area (Å²) in [5.41, 5.74) is -1.38. The highest BCUT2D eigenvalue weighted by atomic mass is 16.7. The molecule has 2 aliphatic heterocycles. The molecular weight excluding hydrogens is 336 g/mol. The minimum atomic E-state index is -1.38. The monoisotopic (exact) mass is 368 g/mol. The van der Waals surface area contributed by atoms with Crippen LogP contribution in [0.3, 0.4) is 0 Å². The Morgan fingerprint density at radius 2 is 1.58 bits per heavy atom. The van der Waals surface area contributed by atoms with Crippen LogP contribution in [0.15, 0.2) is 0 Å². The van der Waals surface area contributed by atoms with E-state index in [0.29, 0.717) is 6.42 Å². The van der Waals surface area contributed by atoms with Gasteiger partial charge in [0.05, 0.1) is 0 Å². The maximum Gasteiger partial charge on any atom is 0.313 e. The van der Waals surface area contributed by atoms with Crippen molar-refractivity contribution in [1.82, 2.24) is 0 Å². The zero-order chi connectivity index (χ0) is 19.1. The molecule has 6 nitrogen and oxygen atoms in total. The molecule has 3 rings (SSSR count). The fourth-order valence-corrected chi connectivity index (χ4v) is 5.62. The van der Waals surface area contributed by atoms with Gasteiger partial charge < -0.3 is 19.7 Å². The molecule has 1 aliphatic carbocycles. The standard InChI is InChI=1S/C20H32O6/c1-4-7-9-11(10-8-5-2)12(6-3)20(19(23)24)13(18(21)22)14-15(25-14)16-17(20)26-16/h11-17H,4-10H2,1-3H3,(H,21,22)(H,23,24). The number of hydrogen-bond acceptors (Lipinski definition) is 4. The summed E-state index contributed by atoms with van der Waals surface area (Å²) >= 11 is 0. The second-order valence-corrected chi connectivity index (χ2v) is 8.20. The van der Waals surface area contributed by atoms with Crippen molar-refractivity contribution in [2.45, 2.75) is 90.1 Å². The van der Waals surface area contributed by atoms with Crippen molar-refractivity contribution < 1.29 is 29.3 Å². The molecule has 0 bridgehead atoms. The Hall–Kier alpha value is -1.14. The maximum absolute atomic E-state index is 12.6. The molecule has 0 radical (unpaired) electrons. The normalized spacial score (nSPS) is 38.4. The Morgan fingerprint density at radius 1 is 0.962 bits per heavy atom. The Morgan fingerprint density at radius 3 is 2.04 bits per heavy atom. The van der Waals surface area contributed by atoms with E-state index in [-0.39, 0.29) is 24.0 Å². The third kappa shape index (κ3) is 2.95. The third-order valence-corrected chi connectivity index (χ3v) is 6.84. The number of rotatable bonds is 11. The van der Waals surface area contributed by atoms with Gasteiger partial charge in [-0.25, -0.2) is 0 Å². The van der Waals surface area contributed by atoms with Gasteiger partial charge in [-0.15, -0.1) is 0 Å². The molecular formula is C20H32O6. The number of fused-ring (bicyclic) bond motifs is 3. The van der Waals surface area contributed by atoms with E-state index in [4.69, 9.17) is 9.47 Å². The SMILES string of the molecule is CCCCC(CCCC)C(CC)C1(C(=O)O)C2OC2C2OC2C1C(=O)O. The second-order valence-electron chi connectivity index (χ2n) is 8.20. The Labute approximate surface area is 155 Å². The minimum Gasteiger partial charge on any atom is -0.481 e. The maximum atomic E-state index is 12.6. The van der Waals surface area contributed by atoms with E-state index in [0.717, 1.165) is 38.5 Å². The Bertz CT molecular complexity index is 540. The number of hydrogen-bond donors (Lipinski definition) is 2. The number of epoxide rings is 2. The summed E-state index contributed by atoms with van der Waals surface area (Å²) < 4.78 is 11.3. The molecule has 2 saturated heterocycles. The van der Waals surface area contributed by atoms with Crippen LogP contribution in [0.2, 0.25) is 0 Å². The van der Waals surface area contributed by atoms with Crippen LogP contribution >= 0.6 is 0 Å². The van der Waals surface area contributed by atoms with Gasteiger partial charge in [-0.3, -0.25) is 9.59 Å². The number of unbranched alkanes of at least 4 members (excludes halogenated alkanes) is 2. The first-order valence-corrected chi connectivity index (χ1v) is 10.2. The Kier molecular flexibility index (Phi) is 5.63. The van der Waals surface area contributed by atoms with Gasteiger partial charge in [0, 0.05) is 0 Å². The lowest BCUT2D eigenvalue weighted by Crippen LogP contribution is -2.58. The lowest BCUT2D eigenvalue weighted by Gasteiger charge is -2.44. The molecule has 1 saturated carbocycles. The number of ether oxygens (including phenoxy) is 2. The third-order valence-electron chi connectivity index (χ3n) is 6.84. The summed E-state index contributed by atoms with van der Waals surface area (Å²) in [5.74, 6) is -3.10. The molecule has 0 spiro atoms. The van der Waals surface area contributed by atoms with Crippen LogP contribution < -0.4 is 0 Å². The fourth-order valence-electron chi connectivity index (χ4n) is 5.62. The van der Waals surface area contributed by atoms with Crippen molar-refractivity contribution in [3.63, 3.8) is 0 Å². The van der Waals surface area contributed by atoms with E-state index >= 15 is 0 Å². The van der Waals surface area contributed by atoms with Gasteiger partial charge in [0.25, 0.3) is 0 Å². The van der Waals surface area contributed by atoms with Gasteiger partial charge in [0.1, 0.15) is 35.7 Å². The average molecular weight is 368 g/mol. The van der Waals surface area contributed by atoms with Crippen LogP contribution in [0.5, 0.6) is 0 Å². The molecule has 0 aromatic rings. The second kappa shape index (κ2) is 7.47. The van der Waals surface area contributed by atoms with E-state index < -0.39 is 35.5 Å². The van der Waals surface area contributed by atoms with Crippen molar-refractivity contribution >= 4 is 11.9 Å². The molecule has 2 N–H and O–H groups in total. The highest BCUT2D eigenvalue weighted by Gasteiger charge is 2.81. The van der Waals surface area contributed by atoms with Crippen LogP contribution in [0.1, 0.15) is 65.7 Å². The van der Waals surface area contributed by atoms with Crippen LogP contribution in [-0.2, 0) is 19.1 Å². The van der Waals surface area contributed by atoms with Crippen molar-refractivity contribution in [3.05, 3.63) is 0 Å². The quantitative estimate of drug-likeness (QED) is 0.543. The van der Waals surface area contributed by atoms with E-state index in [1.807, 2.05) is 6.92 Å². The molecule has 3 aliphatic rings. The molecule has 0 aromatic heterocycles. The largest absolute Gasteiger partial charge is 0.481 e. The van der Waals surface area contributed by atoms with Gasteiger partial charge in [0.15, 0.2) is 0 Å². The average Bonchev–Trinajstić information content (AvgIpc) is 3.47. The first-order valence-electron chi connectivity index (χ1n) is 10.2. The van der Waals surface area contributed by atoms with Crippen LogP contribution in [-0.4, -0.2) is 46.6 Å². The van der Waals surface area contributed by atoms with Gasteiger partial charge >= 0.3 is 11.9 Å². The van der Waals surface area contributed by atoms with Crippen LogP contribution in [0.4, 0.5) is 0 Å². The summed E-state index contributed by atoms with van der Waals surface area (Å²) in [6.45, 7) is 6.26. The smallest absolute Gasteiger partial charge is 0.313 e. The molecule has 2 heterocycles. The lowest BCUT2D eigenvalue weighted by atomic mass is 9.54. The summed E-state index contributed by atoms with van der Waals surface area (Å²) in [5, 5.41) is 20.3. The zero-order valence-electron chi connectivity index (χ0n) is 16.0. The Balaban J connectivity index is 1.99. The van der Waals surface area contributed by atoms with Crippen molar-refractivity contribution in [3.8, 4) is 0 Å². The highest BCUT2D eigenvalue weighted by Crippen LogP contribution is 2.64. The molecule has 0 aromatic carbocycles. The van der Waals surface area contributed by atoms with Gasteiger partial charge in [0.2, 0.25) is 0 Å². The first-order chi connectivity index (χ1) is 12.4. The first kappa shape index (κ1) is 19.6. The summed E-state index contributed by atoms with van der Waals surface area (Å²) in [4.78, 5) is 24.8. The van der Waals surface area contributed by atoms with Crippen molar-refractivity contribution in [2.75, 3.05) is 0 Å². The molecule has 6 heteroatoms. The number of carbonyl (C=O) groups is 2. The van der Waals surface area contributed by atoms with Gasteiger partial charge in [-0.1, -0.05) is 65.7 Å². The van der Waals surface area contributed by atoms with E-state index in [9.17, 15) is 19.8 Å². The van der Waals surface area contributed by atoms with E-state index in [1.165, 1.54) is 0 Å². The van der Waals surface area contributed by atoms with Gasteiger partial charge in [-0.05, 0) is 11.8 Å². The fraction of sp³-hybridized carbons (Fsp3) is 0.900. The molecule has 3 fully saturated rings. The van der Waals surface area contributed by atoms with Crippen LogP contribution in [0.25, 0.3) is 0 Å². The highest BCUT2D eigenvalue weighted by molar-refractivity contribution is 5.86. The van der Waals surface area contributed by atoms with Crippen molar-refractivity contribution in [2.24, 2.45) is 23.2 Å². The zero-order valence-corrected chi connectivity index (χ0v) is 16.0. The number of aliphatic carboxylic acids is 2. The number of carboxylic acid groups (broad SMARTS) is 2. The molecule has 7 unspecified atom stereocenters. The summed E-state index contributed by atoms with van der Waals surface area (Å²) in [6, 6.07) is 0. The van der Waals surface area contributed by atoms with E-state index in [1.54, 1.807) is 0 Å². The minimum absolute atomic E-state index is 0.206. The van der Waals surface area contributed by atoms with Gasteiger partial charge in [-0.2, -0.15) is 0 Å². The van der Waals surface area contributed by atoms with E-state index in [2.05, 4.69) is 13.8 Å². The summed E-state index contributed by atoms with van der Waals surface area (Å²) in [7, 11) is 0. The van der Waals surface area contributed by atoms with Crippen molar-refractivity contribution in [1.29, 1.82) is 0 Å². The molecule has 7 atom stereocenters. The molecule has 148 valence electrons. The topological polar surface area (TPSA) is 99.7 Å². The predicted octanol–water partition coefficient (Wildman–Crippen LogP) is 3.33. The number of carboxylic acids is 2. The molecule has 0 amide bonds. The summed E-state index contributed by atoms with van der Waals surface area (Å²) in [6.07, 6.45) is 5.22. The predicted molar refractivity (Wildman–Crippen MR) is 94.8 cm³/mol. The van der Waals surface area contributed by atoms with Crippen LogP contribution in [0, 0.1) is 23.2 Å². The molecule has 26 heavy (non-hydrogen) atoms.